The number of carbonyl (C=O) groups excluding carboxylic acids is 2. The van der Waals surface area contributed by atoms with Crippen LogP contribution in [0.15, 0.2) is 41.2 Å². The van der Waals surface area contributed by atoms with Crippen molar-refractivity contribution in [2.45, 2.75) is 12.8 Å². The molecule has 6 nitrogen and oxygen atoms in total. The summed E-state index contributed by atoms with van der Waals surface area (Å²) in [6.07, 6.45) is 4.10. The SMILES string of the molecule is O=C(CCN1CCCN(C(=O)c2ccoc2)CC1)Nc1ccc(F)c(Cl)c1. The molecule has 1 aromatic heterocycles. The fraction of sp³-hybridized carbons (Fsp3) is 0.368. The Morgan fingerprint density at radius 3 is 2.78 bits per heavy atom. The van der Waals surface area contributed by atoms with Crippen LogP contribution in [0, 0.1) is 5.82 Å². The van der Waals surface area contributed by atoms with Crippen molar-refractivity contribution in [1.29, 1.82) is 0 Å². The van der Waals surface area contributed by atoms with E-state index >= 15 is 0 Å². The minimum absolute atomic E-state index is 0.0253. The summed E-state index contributed by atoms with van der Waals surface area (Å²) in [4.78, 5) is 28.5. The Morgan fingerprint density at radius 2 is 2.04 bits per heavy atom. The summed E-state index contributed by atoms with van der Waals surface area (Å²) in [5, 5.41) is 2.69. The largest absolute Gasteiger partial charge is 0.472 e. The molecule has 8 heteroatoms. The van der Waals surface area contributed by atoms with Gasteiger partial charge in [-0.25, -0.2) is 4.39 Å². The fourth-order valence-corrected chi connectivity index (χ4v) is 3.20. The van der Waals surface area contributed by atoms with Crippen molar-refractivity contribution in [2.24, 2.45) is 0 Å². The van der Waals surface area contributed by atoms with Gasteiger partial charge in [-0.2, -0.15) is 0 Å². The molecule has 1 aromatic carbocycles. The van der Waals surface area contributed by atoms with Crippen molar-refractivity contribution in [3.8, 4) is 0 Å². The highest BCUT2D eigenvalue weighted by Crippen LogP contribution is 2.19. The molecule has 27 heavy (non-hydrogen) atoms. The van der Waals surface area contributed by atoms with Crippen LogP contribution in [0.25, 0.3) is 0 Å². The van der Waals surface area contributed by atoms with E-state index in [-0.39, 0.29) is 16.8 Å². The van der Waals surface area contributed by atoms with E-state index in [2.05, 4.69) is 10.2 Å². The van der Waals surface area contributed by atoms with Gasteiger partial charge in [0, 0.05) is 38.3 Å². The Bertz CT molecular complexity index is 798. The molecule has 1 aliphatic rings. The maximum absolute atomic E-state index is 13.2. The van der Waals surface area contributed by atoms with Crippen LogP contribution in [0.2, 0.25) is 5.02 Å². The highest BCUT2D eigenvalue weighted by Gasteiger charge is 2.21. The summed E-state index contributed by atoms with van der Waals surface area (Å²) in [5.74, 6) is -0.710. The van der Waals surface area contributed by atoms with E-state index in [1.54, 1.807) is 6.07 Å². The first kappa shape index (κ1) is 19.4. The van der Waals surface area contributed by atoms with Crippen LogP contribution in [0.4, 0.5) is 10.1 Å². The molecule has 0 aliphatic carbocycles. The lowest BCUT2D eigenvalue weighted by atomic mass is 10.3. The van der Waals surface area contributed by atoms with E-state index in [1.807, 2.05) is 4.90 Å². The molecule has 2 heterocycles. The molecule has 0 unspecified atom stereocenters. The molecule has 0 atom stereocenters. The van der Waals surface area contributed by atoms with Gasteiger partial charge < -0.3 is 19.5 Å². The van der Waals surface area contributed by atoms with Crippen LogP contribution < -0.4 is 5.32 Å². The number of halogens is 2. The molecule has 0 bridgehead atoms. The number of benzene rings is 1. The average Bonchev–Trinajstić information content (AvgIpc) is 3.08. The maximum atomic E-state index is 13.2. The van der Waals surface area contributed by atoms with Gasteiger partial charge in [0.05, 0.1) is 16.8 Å². The molecule has 1 fully saturated rings. The van der Waals surface area contributed by atoms with E-state index < -0.39 is 5.82 Å². The zero-order chi connectivity index (χ0) is 19.2. The van der Waals surface area contributed by atoms with Gasteiger partial charge in [0.25, 0.3) is 5.91 Å². The predicted octanol–water partition coefficient (Wildman–Crippen LogP) is 3.25. The molecule has 2 aromatic rings. The van der Waals surface area contributed by atoms with Crippen LogP contribution in [0.3, 0.4) is 0 Å². The lowest BCUT2D eigenvalue weighted by molar-refractivity contribution is -0.116. The smallest absolute Gasteiger partial charge is 0.257 e. The lowest BCUT2D eigenvalue weighted by Gasteiger charge is -2.21. The first-order valence-corrected chi connectivity index (χ1v) is 9.19. The molecule has 0 radical (unpaired) electrons. The molecular formula is C19H21ClFN3O3. The third-order valence-corrected chi connectivity index (χ3v) is 4.79. The summed E-state index contributed by atoms with van der Waals surface area (Å²) in [6, 6.07) is 5.75. The van der Waals surface area contributed by atoms with Gasteiger partial charge in [-0.05, 0) is 37.2 Å². The van der Waals surface area contributed by atoms with E-state index in [4.69, 9.17) is 16.0 Å². The van der Waals surface area contributed by atoms with Crippen LogP contribution in [0.1, 0.15) is 23.2 Å². The van der Waals surface area contributed by atoms with Crippen LogP contribution >= 0.6 is 11.6 Å². The summed E-state index contributed by atoms with van der Waals surface area (Å²) < 4.78 is 18.1. The molecule has 0 spiro atoms. The topological polar surface area (TPSA) is 65.8 Å². The number of furan rings is 1. The number of amides is 2. The van der Waals surface area contributed by atoms with Gasteiger partial charge in [-0.15, -0.1) is 0 Å². The maximum Gasteiger partial charge on any atom is 0.257 e. The van der Waals surface area contributed by atoms with Crippen molar-refractivity contribution in [3.63, 3.8) is 0 Å². The Kier molecular flexibility index (Phi) is 6.47. The number of carbonyl (C=O) groups is 2. The number of hydrogen-bond donors (Lipinski definition) is 1. The predicted molar refractivity (Wildman–Crippen MR) is 100 cm³/mol. The van der Waals surface area contributed by atoms with Crippen molar-refractivity contribution in [3.05, 3.63) is 53.2 Å². The zero-order valence-corrected chi connectivity index (χ0v) is 15.5. The molecule has 2 amide bonds. The third kappa shape index (κ3) is 5.30. The lowest BCUT2D eigenvalue weighted by Crippen LogP contribution is -2.35. The first-order valence-electron chi connectivity index (χ1n) is 8.81. The zero-order valence-electron chi connectivity index (χ0n) is 14.8. The molecule has 1 aliphatic heterocycles. The molecular weight excluding hydrogens is 373 g/mol. The molecule has 3 rings (SSSR count). The number of rotatable bonds is 5. The Balaban J connectivity index is 1.45. The third-order valence-electron chi connectivity index (χ3n) is 4.50. The van der Waals surface area contributed by atoms with Crippen LogP contribution in [-0.2, 0) is 4.79 Å². The highest BCUT2D eigenvalue weighted by molar-refractivity contribution is 6.31. The minimum Gasteiger partial charge on any atom is -0.472 e. The van der Waals surface area contributed by atoms with Crippen molar-refractivity contribution < 1.29 is 18.4 Å². The summed E-state index contributed by atoms with van der Waals surface area (Å²) >= 11 is 5.72. The second kappa shape index (κ2) is 9.01. The number of nitrogens with zero attached hydrogens (tertiary/aromatic N) is 2. The van der Waals surface area contributed by atoms with Gasteiger partial charge >= 0.3 is 0 Å². The fourth-order valence-electron chi connectivity index (χ4n) is 3.02. The monoisotopic (exact) mass is 393 g/mol. The molecule has 144 valence electrons. The van der Waals surface area contributed by atoms with Crippen molar-refractivity contribution in [2.75, 3.05) is 38.0 Å². The van der Waals surface area contributed by atoms with E-state index in [1.165, 1.54) is 30.7 Å². The summed E-state index contributed by atoms with van der Waals surface area (Å²) in [6.45, 7) is 3.42. The first-order chi connectivity index (χ1) is 13.0. The second-order valence-electron chi connectivity index (χ2n) is 6.43. The Hall–Kier alpha value is -2.38. The number of anilines is 1. The Labute approximate surface area is 161 Å². The normalized spacial score (nSPS) is 15.4. The van der Waals surface area contributed by atoms with Crippen LogP contribution in [0.5, 0.6) is 0 Å². The standard InChI is InChI=1S/C19H21ClFN3O3/c20-16-12-15(2-3-17(16)21)22-18(25)4-8-23-6-1-7-24(10-9-23)19(26)14-5-11-27-13-14/h2-3,5,11-13H,1,4,6-10H2,(H,22,25). The van der Waals surface area contributed by atoms with Gasteiger partial charge in [0.2, 0.25) is 5.91 Å². The Morgan fingerprint density at radius 1 is 1.19 bits per heavy atom. The van der Waals surface area contributed by atoms with Gasteiger partial charge in [0.1, 0.15) is 12.1 Å². The van der Waals surface area contributed by atoms with Crippen molar-refractivity contribution in [1.82, 2.24) is 9.80 Å². The van der Waals surface area contributed by atoms with E-state index in [0.29, 0.717) is 43.9 Å². The van der Waals surface area contributed by atoms with E-state index in [9.17, 15) is 14.0 Å². The summed E-state index contributed by atoms with van der Waals surface area (Å²) in [7, 11) is 0. The van der Waals surface area contributed by atoms with Crippen molar-refractivity contribution >= 4 is 29.1 Å². The molecule has 1 N–H and O–H groups in total. The number of nitrogens with one attached hydrogen (secondary N) is 1. The quantitative estimate of drug-likeness (QED) is 0.846. The van der Waals surface area contributed by atoms with Crippen LogP contribution in [-0.4, -0.2) is 54.3 Å². The second-order valence-corrected chi connectivity index (χ2v) is 6.83. The van der Waals surface area contributed by atoms with Gasteiger partial charge in [-0.3, -0.25) is 9.59 Å². The molecule has 0 saturated carbocycles. The summed E-state index contributed by atoms with van der Waals surface area (Å²) in [5.41, 5.74) is 1.03. The molecule has 1 saturated heterocycles. The highest BCUT2D eigenvalue weighted by atomic mass is 35.5. The number of hydrogen-bond acceptors (Lipinski definition) is 4. The average molecular weight is 394 g/mol. The van der Waals surface area contributed by atoms with Gasteiger partial charge in [0.15, 0.2) is 0 Å². The van der Waals surface area contributed by atoms with Gasteiger partial charge in [-0.1, -0.05) is 11.6 Å². The minimum atomic E-state index is -0.520. The van der Waals surface area contributed by atoms with E-state index in [0.717, 1.165) is 13.0 Å².